The average molecular weight is 438 g/mol. The maximum atomic E-state index is 13.7. The van der Waals surface area contributed by atoms with Crippen LogP contribution in [0.5, 0.6) is 0 Å². The van der Waals surface area contributed by atoms with Gasteiger partial charge in [0.05, 0.1) is 11.7 Å². The monoisotopic (exact) mass is 437 g/mol. The minimum absolute atomic E-state index is 0.00616. The average Bonchev–Trinajstić information content (AvgIpc) is 3.12. The second-order valence-electron chi connectivity index (χ2n) is 8.42. The first-order chi connectivity index (χ1) is 15.5. The molecule has 1 aromatic carbocycles. The van der Waals surface area contributed by atoms with Gasteiger partial charge in [0.1, 0.15) is 5.69 Å². The predicted octanol–water partition coefficient (Wildman–Crippen LogP) is 1.73. The molecule has 2 amide bonds. The first kappa shape index (κ1) is 22.1. The summed E-state index contributed by atoms with van der Waals surface area (Å²) in [4.78, 5) is 43.1. The number of hydrogen-bond donors (Lipinski definition) is 1. The van der Waals surface area contributed by atoms with Crippen molar-refractivity contribution in [2.75, 3.05) is 39.3 Å². The SMILES string of the molecule is C=CCn1c(C(=O)N2CCNCC2)c(-c2ccccc2)n(C2CCCN(C(C)=O)C2)c1=O. The minimum atomic E-state index is -0.224. The molecule has 0 spiro atoms. The molecule has 1 aromatic heterocycles. The van der Waals surface area contributed by atoms with Crippen molar-refractivity contribution in [3.63, 3.8) is 0 Å². The molecule has 3 heterocycles. The zero-order valence-corrected chi connectivity index (χ0v) is 18.6. The molecule has 32 heavy (non-hydrogen) atoms. The van der Waals surface area contributed by atoms with E-state index in [9.17, 15) is 14.4 Å². The zero-order valence-electron chi connectivity index (χ0n) is 18.6. The molecule has 2 aliphatic rings. The Labute approximate surface area is 188 Å². The Bertz CT molecular complexity index is 1050. The largest absolute Gasteiger partial charge is 0.341 e. The van der Waals surface area contributed by atoms with E-state index in [2.05, 4.69) is 11.9 Å². The van der Waals surface area contributed by atoms with Gasteiger partial charge in [0.25, 0.3) is 5.91 Å². The minimum Gasteiger partial charge on any atom is -0.341 e. The fraction of sp³-hybridized carbons (Fsp3) is 0.458. The molecule has 2 saturated heterocycles. The van der Waals surface area contributed by atoms with Crippen molar-refractivity contribution in [3.05, 3.63) is 59.2 Å². The van der Waals surface area contributed by atoms with Crippen LogP contribution in [-0.2, 0) is 11.3 Å². The summed E-state index contributed by atoms with van der Waals surface area (Å²) in [5.74, 6) is -0.131. The number of rotatable bonds is 5. The molecule has 0 saturated carbocycles. The van der Waals surface area contributed by atoms with Crippen LogP contribution in [0.15, 0.2) is 47.8 Å². The number of hydrogen-bond acceptors (Lipinski definition) is 4. The van der Waals surface area contributed by atoms with Crippen molar-refractivity contribution < 1.29 is 9.59 Å². The van der Waals surface area contributed by atoms with Gasteiger partial charge in [-0.1, -0.05) is 36.4 Å². The van der Waals surface area contributed by atoms with E-state index in [1.54, 1.807) is 27.0 Å². The zero-order chi connectivity index (χ0) is 22.7. The number of imidazole rings is 1. The summed E-state index contributed by atoms with van der Waals surface area (Å²) in [6.45, 7) is 9.45. The number of aromatic nitrogens is 2. The number of benzene rings is 1. The highest BCUT2D eigenvalue weighted by atomic mass is 16.2. The lowest BCUT2D eigenvalue weighted by atomic mass is 10.0. The van der Waals surface area contributed by atoms with Crippen LogP contribution in [0.1, 0.15) is 36.3 Å². The maximum absolute atomic E-state index is 13.7. The van der Waals surface area contributed by atoms with Gasteiger partial charge in [0.15, 0.2) is 0 Å². The van der Waals surface area contributed by atoms with E-state index in [0.717, 1.165) is 31.5 Å². The van der Waals surface area contributed by atoms with Gasteiger partial charge < -0.3 is 15.1 Å². The van der Waals surface area contributed by atoms with E-state index >= 15 is 0 Å². The van der Waals surface area contributed by atoms with E-state index in [4.69, 9.17) is 0 Å². The van der Waals surface area contributed by atoms with Gasteiger partial charge in [0.2, 0.25) is 5.91 Å². The van der Waals surface area contributed by atoms with Gasteiger partial charge in [-0.25, -0.2) is 4.79 Å². The molecule has 1 N–H and O–H groups in total. The van der Waals surface area contributed by atoms with Gasteiger partial charge in [0, 0.05) is 58.3 Å². The van der Waals surface area contributed by atoms with Gasteiger partial charge in [-0.3, -0.25) is 18.7 Å². The lowest BCUT2D eigenvalue weighted by Crippen LogP contribution is -2.47. The third kappa shape index (κ3) is 4.14. The van der Waals surface area contributed by atoms with Gasteiger partial charge in [-0.15, -0.1) is 6.58 Å². The van der Waals surface area contributed by atoms with E-state index in [1.165, 1.54) is 0 Å². The van der Waals surface area contributed by atoms with Crippen LogP contribution in [0, 0.1) is 0 Å². The molecule has 2 aromatic rings. The Morgan fingerprint density at radius 1 is 1.12 bits per heavy atom. The summed E-state index contributed by atoms with van der Waals surface area (Å²) in [5.41, 5.74) is 1.64. The molecule has 2 aliphatic heterocycles. The Hall–Kier alpha value is -3.13. The summed E-state index contributed by atoms with van der Waals surface area (Å²) in [6.07, 6.45) is 3.25. The highest BCUT2D eigenvalue weighted by molar-refractivity contribution is 5.99. The van der Waals surface area contributed by atoms with E-state index in [1.807, 2.05) is 35.2 Å². The number of carbonyl (C=O) groups excluding carboxylic acids is 2. The Morgan fingerprint density at radius 2 is 1.84 bits per heavy atom. The van der Waals surface area contributed by atoms with E-state index in [-0.39, 0.29) is 30.1 Å². The summed E-state index contributed by atoms with van der Waals surface area (Å²) in [5, 5.41) is 3.27. The first-order valence-electron chi connectivity index (χ1n) is 11.3. The molecule has 4 rings (SSSR count). The molecular weight excluding hydrogens is 406 g/mol. The van der Waals surface area contributed by atoms with Crippen molar-refractivity contribution >= 4 is 11.8 Å². The predicted molar refractivity (Wildman–Crippen MR) is 124 cm³/mol. The molecule has 0 aliphatic carbocycles. The van der Waals surface area contributed by atoms with E-state index < -0.39 is 0 Å². The molecule has 1 unspecified atom stereocenters. The third-order valence-electron chi connectivity index (χ3n) is 6.34. The maximum Gasteiger partial charge on any atom is 0.329 e. The highest BCUT2D eigenvalue weighted by Crippen LogP contribution is 2.31. The number of nitrogens with zero attached hydrogens (tertiary/aromatic N) is 4. The lowest BCUT2D eigenvalue weighted by Gasteiger charge is -2.33. The number of likely N-dealkylation sites (tertiary alicyclic amines) is 1. The van der Waals surface area contributed by atoms with Crippen LogP contribution < -0.4 is 11.0 Å². The van der Waals surface area contributed by atoms with Crippen molar-refractivity contribution in [2.24, 2.45) is 0 Å². The number of amides is 2. The van der Waals surface area contributed by atoms with Crippen molar-refractivity contribution in [2.45, 2.75) is 32.4 Å². The number of piperazine rings is 1. The van der Waals surface area contributed by atoms with Crippen molar-refractivity contribution in [3.8, 4) is 11.3 Å². The fourth-order valence-electron chi connectivity index (χ4n) is 4.76. The van der Waals surface area contributed by atoms with Gasteiger partial charge >= 0.3 is 5.69 Å². The van der Waals surface area contributed by atoms with E-state index in [0.29, 0.717) is 37.6 Å². The molecule has 0 bridgehead atoms. The normalized spacial score (nSPS) is 19.1. The summed E-state index contributed by atoms with van der Waals surface area (Å²) < 4.78 is 3.30. The topological polar surface area (TPSA) is 79.6 Å². The number of piperidine rings is 1. The Kier molecular flexibility index (Phi) is 6.60. The van der Waals surface area contributed by atoms with Gasteiger partial charge in [-0.05, 0) is 12.8 Å². The Morgan fingerprint density at radius 3 is 2.50 bits per heavy atom. The number of carbonyl (C=O) groups is 2. The quantitative estimate of drug-likeness (QED) is 0.723. The molecule has 8 heteroatoms. The van der Waals surface area contributed by atoms with Crippen LogP contribution in [0.2, 0.25) is 0 Å². The Balaban J connectivity index is 1.91. The molecule has 170 valence electrons. The first-order valence-corrected chi connectivity index (χ1v) is 11.3. The van der Waals surface area contributed by atoms with Crippen LogP contribution in [0.4, 0.5) is 0 Å². The third-order valence-corrected chi connectivity index (χ3v) is 6.34. The number of nitrogens with one attached hydrogen (secondary N) is 1. The van der Waals surface area contributed by atoms with Crippen LogP contribution >= 0.6 is 0 Å². The van der Waals surface area contributed by atoms with Crippen molar-refractivity contribution in [1.82, 2.24) is 24.3 Å². The number of allylic oxidation sites excluding steroid dienone is 1. The molecular formula is C24H31N5O3. The highest BCUT2D eigenvalue weighted by Gasteiger charge is 2.34. The summed E-state index contributed by atoms with van der Waals surface area (Å²) >= 11 is 0. The summed E-state index contributed by atoms with van der Waals surface area (Å²) in [7, 11) is 0. The molecule has 2 fully saturated rings. The smallest absolute Gasteiger partial charge is 0.329 e. The lowest BCUT2D eigenvalue weighted by molar-refractivity contribution is -0.130. The summed E-state index contributed by atoms with van der Waals surface area (Å²) in [6, 6.07) is 9.43. The second kappa shape index (κ2) is 9.56. The van der Waals surface area contributed by atoms with Crippen molar-refractivity contribution in [1.29, 1.82) is 0 Å². The fourth-order valence-corrected chi connectivity index (χ4v) is 4.76. The standard InChI is InChI=1S/C24H31N5O3/c1-3-13-28-22(23(31)26-15-11-25-12-16-26)21(19-8-5-4-6-9-19)29(24(28)32)20-10-7-14-27(17-20)18(2)30/h3-6,8-9,20,25H,1,7,10-17H2,2H3. The molecule has 8 nitrogen and oxygen atoms in total. The van der Waals surface area contributed by atoms with Gasteiger partial charge in [-0.2, -0.15) is 0 Å². The molecule has 1 atom stereocenters. The van der Waals surface area contributed by atoms with Crippen LogP contribution in [0.25, 0.3) is 11.3 Å². The molecule has 0 radical (unpaired) electrons. The van der Waals surface area contributed by atoms with Crippen LogP contribution in [0.3, 0.4) is 0 Å². The second-order valence-corrected chi connectivity index (χ2v) is 8.42. The van der Waals surface area contributed by atoms with Crippen LogP contribution in [-0.4, -0.2) is 70.0 Å².